The molecular formula is C21H17N5O. The van der Waals surface area contributed by atoms with E-state index in [2.05, 4.69) is 15.3 Å². The van der Waals surface area contributed by atoms with Crippen molar-refractivity contribution in [2.45, 2.75) is 6.17 Å². The second-order valence-corrected chi connectivity index (χ2v) is 6.29. The molecule has 2 heterocycles. The van der Waals surface area contributed by atoms with Gasteiger partial charge in [0.1, 0.15) is 11.5 Å². The number of rotatable bonds is 3. The summed E-state index contributed by atoms with van der Waals surface area (Å²) < 4.78 is 8.02. The lowest BCUT2D eigenvalue weighted by molar-refractivity contribution is 0.480. The van der Waals surface area contributed by atoms with Crippen LogP contribution in [0.2, 0.25) is 0 Å². The van der Waals surface area contributed by atoms with Gasteiger partial charge in [-0.2, -0.15) is 0 Å². The third-order valence-electron chi connectivity index (χ3n) is 4.48. The molecule has 27 heavy (non-hydrogen) atoms. The number of aromatic nitrogens is 2. The van der Waals surface area contributed by atoms with Crippen LogP contribution in [-0.2, 0) is 0 Å². The van der Waals surface area contributed by atoms with Gasteiger partial charge in [-0.3, -0.25) is 9.88 Å². The molecule has 0 radical (unpaired) electrons. The molecule has 6 nitrogen and oxygen atoms in total. The average Bonchev–Trinajstić information content (AvgIpc) is 3.06. The Kier molecular flexibility index (Phi) is 3.53. The van der Waals surface area contributed by atoms with Crippen LogP contribution in [0.1, 0.15) is 11.7 Å². The zero-order valence-corrected chi connectivity index (χ0v) is 14.4. The lowest BCUT2D eigenvalue weighted by Gasteiger charge is -2.24. The van der Waals surface area contributed by atoms with Gasteiger partial charge >= 0.3 is 0 Å². The zero-order valence-electron chi connectivity index (χ0n) is 14.4. The summed E-state index contributed by atoms with van der Waals surface area (Å²) >= 11 is 0. The molecule has 0 saturated heterocycles. The van der Waals surface area contributed by atoms with Crippen LogP contribution < -0.4 is 15.8 Å². The average molecular weight is 355 g/mol. The topological polar surface area (TPSA) is 77.5 Å². The van der Waals surface area contributed by atoms with E-state index in [1.807, 2.05) is 83.4 Å². The normalized spacial score (nSPS) is 15.7. The van der Waals surface area contributed by atoms with E-state index in [4.69, 9.17) is 10.5 Å². The molecule has 1 aromatic heterocycles. The smallest absolute Gasteiger partial charge is 0.212 e. The zero-order chi connectivity index (χ0) is 18.2. The molecule has 132 valence electrons. The third kappa shape index (κ3) is 2.77. The number of para-hydroxylation sites is 3. The summed E-state index contributed by atoms with van der Waals surface area (Å²) in [6.07, 6.45) is -0.312. The maximum absolute atomic E-state index is 6.02. The molecule has 0 aliphatic carbocycles. The summed E-state index contributed by atoms with van der Waals surface area (Å²) in [5, 5.41) is 3.05. The monoisotopic (exact) mass is 355 g/mol. The molecular weight excluding hydrogens is 338 g/mol. The molecule has 0 spiro atoms. The van der Waals surface area contributed by atoms with Crippen molar-refractivity contribution in [3.05, 3.63) is 84.4 Å². The molecule has 3 N–H and O–H groups in total. The standard InChI is InChI=1S/C21H17N5O/c22-20-24-19(26-18-12-5-4-11-17(18)23-21(26)25-20)14-7-6-10-16(13-14)27-15-8-2-1-3-9-15/h1-13,19H,(H3,22,23,24,25)/t19-/m0/s1. The van der Waals surface area contributed by atoms with Crippen LogP contribution in [0.3, 0.4) is 0 Å². The van der Waals surface area contributed by atoms with Gasteiger partial charge in [-0.15, -0.1) is 0 Å². The van der Waals surface area contributed by atoms with E-state index in [-0.39, 0.29) is 6.17 Å². The minimum atomic E-state index is -0.312. The summed E-state index contributed by atoms with van der Waals surface area (Å²) in [6, 6.07) is 25.6. The third-order valence-corrected chi connectivity index (χ3v) is 4.48. The first-order chi connectivity index (χ1) is 13.3. The first-order valence-electron chi connectivity index (χ1n) is 8.68. The summed E-state index contributed by atoms with van der Waals surface area (Å²) in [7, 11) is 0. The fourth-order valence-corrected chi connectivity index (χ4v) is 3.30. The number of hydrogen-bond acceptors (Lipinski definition) is 5. The number of ether oxygens (including phenoxy) is 1. The second-order valence-electron chi connectivity index (χ2n) is 6.29. The van der Waals surface area contributed by atoms with E-state index in [9.17, 15) is 0 Å². The number of guanidine groups is 1. The summed E-state index contributed by atoms with van der Waals surface area (Å²) in [6.45, 7) is 0. The highest BCUT2D eigenvalue weighted by molar-refractivity contribution is 5.94. The van der Waals surface area contributed by atoms with Crippen LogP contribution in [0.4, 0.5) is 5.95 Å². The molecule has 1 aliphatic heterocycles. The maximum Gasteiger partial charge on any atom is 0.212 e. The Morgan fingerprint density at radius 3 is 2.56 bits per heavy atom. The highest BCUT2D eigenvalue weighted by Gasteiger charge is 2.25. The van der Waals surface area contributed by atoms with Gasteiger partial charge in [0.2, 0.25) is 5.95 Å². The van der Waals surface area contributed by atoms with Gasteiger partial charge in [-0.05, 0) is 36.4 Å². The molecule has 6 heteroatoms. The molecule has 0 amide bonds. The minimum absolute atomic E-state index is 0.312. The van der Waals surface area contributed by atoms with Crippen molar-refractivity contribution in [2.75, 3.05) is 5.32 Å². The number of hydrogen-bond donors (Lipinski definition) is 2. The summed E-state index contributed by atoms with van der Waals surface area (Å²) in [5.41, 5.74) is 8.88. The molecule has 0 saturated carbocycles. The van der Waals surface area contributed by atoms with Gasteiger partial charge in [0.05, 0.1) is 11.0 Å². The largest absolute Gasteiger partial charge is 0.457 e. The minimum Gasteiger partial charge on any atom is -0.457 e. The van der Waals surface area contributed by atoms with Gasteiger partial charge in [-0.1, -0.05) is 42.5 Å². The fraction of sp³-hybridized carbons (Fsp3) is 0.0476. The van der Waals surface area contributed by atoms with Gasteiger partial charge in [0.15, 0.2) is 12.1 Å². The van der Waals surface area contributed by atoms with Crippen molar-refractivity contribution in [3.63, 3.8) is 0 Å². The molecule has 1 aliphatic rings. The summed E-state index contributed by atoms with van der Waals surface area (Å²) in [5.74, 6) is 2.56. The predicted octanol–water partition coefficient (Wildman–Crippen LogP) is 4.12. The van der Waals surface area contributed by atoms with Gasteiger partial charge < -0.3 is 10.5 Å². The Morgan fingerprint density at radius 1 is 0.889 bits per heavy atom. The van der Waals surface area contributed by atoms with E-state index in [0.717, 1.165) is 28.1 Å². The maximum atomic E-state index is 6.02. The van der Waals surface area contributed by atoms with Crippen molar-refractivity contribution >= 4 is 22.9 Å². The van der Waals surface area contributed by atoms with Gasteiger partial charge in [-0.25, -0.2) is 9.98 Å². The van der Waals surface area contributed by atoms with Crippen LogP contribution in [0.15, 0.2) is 83.9 Å². The number of nitrogens with zero attached hydrogens (tertiary/aromatic N) is 3. The Labute approximate surface area is 155 Å². The Hall–Kier alpha value is -3.80. The number of fused-ring (bicyclic) bond motifs is 3. The SMILES string of the molecule is NC1=N[C@H](c2cccc(Oc3ccccc3)c2)n2c(nc3ccccc32)N1. The molecule has 0 bridgehead atoms. The first kappa shape index (κ1) is 15.5. The quantitative estimate of drug-likeness (QED) is 0.580. The lowest BCUT2D eigenvalue weighted by atomic mass is 10.1. The molecule has 5 rings (SSSR count). The van der Waals surface area contributed by atoms with Gasteiger partial charge in [0.25, 0.3) is 0 Å². The lowest BCUT2D eigenvalue weighted by Crippen LogP contribution is -2.31. The van der Waals surface area contributed by atoms with Crippen LogP contribution in [0, 0.1) is 0 Å². The number of benzene rings is 3. The van der Waals surface area contributed by atoms with E-state index in [1.54, 1.807) is 0 Å². The van der Waals surface area contributed by atoms with Crippen molar-refractivity contribution in [2.24, 2.45) is 10.7 Å². The van der Waals surface area contributed by atoms with Crippen molar-refractivity contribution in [3.8, 4) is 11.5 Å². The number of aliphatic imine (C=N–C) groups is 1. The molecule has 3 aromatic carbocycles. The molecule has 1 atom stereocenters. The van der Waals surface area contributed by atoms with Crippen LogP contribution in [0.25, 0.3) is 11.0 Å². The fourth-order valence-electron chi connectivity index (χ4n) is 3.30. The molecule has 4 aromatic rings. The van der Waals surface area contributed by atoms with E-state index in [0.29, 0.717) is 11.9 Å². The number of anilines is 1. The Bertz CT molecular complexity index is 1150. The number of nitrogens with one attached hydrogen (secondary N) is 1. The van der Waals surface area contributed by atoms with Crippen molar-refractivity contribution in [1.29, 1.82) is 0 Å². The predicted molar refractivity (Wildman–Crippen MR) is 106 cm³/mol. The second kappa shape index (κ2) is 6.17. The highest BCUT2D eigenvalue weighted by Crippen LogP contribution is 2.34. The van der Waals surface area contributed by atoms with Crippen LogP contribution in [0.5, 0.6) is 11.5 Å². The van der Waals surface area contributed by atoms with E-state index >= 15 is 0 Å². The van der Waals surface area contributed by atoms with Crippen molar-refractivity contribution in [1.82, 2.24) is 9.55 Å². The molecule has 0 unspecified atom stereocenters. The van der Waals surface area contributed by atoms with Crippen LogP contribution >= 0.6 is 0 Å². The van der Waals surface area contributed by atoms with E-state index < -0.39 is 0 Å². The molecule has 0 fully saturated rings. The highest BCUT2D eigenvalue weighted by atomic mass is 16.5. The van der Waals surface area contributed by atoms with Gasteiger partial charge in [0, 0.05) is 5.56 Å². The van der Waals surface area contributed by atoms with E-state index in [1.165, 1.54) is 0 Å². The Balaban J connectivity index is 1.58. The number of nitrogens with two attached hydrogens (primary N) is 1. The van der Waals surface area contributed by atoms with Crippen molar-refractivity contribution < 1.29 is 4.74 Å². The first-order valence-corrected chi connectivity index (χ1v) is 8.68. The van der Waals surface area contributed by atoms with Crippen LogP contribution in [-0.4, -0.2) is 15.5 Å². The Morgan fingerprint density at radius 2 is 1.67 bits per heavy atom. The summed E-state index contributed by atoms with van der Waals surface area (Å²) in [4.78, 5) is 9.24. The number of imidazole rings is 1.